The summed E-state index contributed by atoms with van der Waals surface area (Å²) in [6.45, 7) is 8.36. The summed E-state index contributed by atoms with van der Waals surface area (Å²) in [5.41, 5.74) is 0.296. The molecule has 4 nitrogen and oxygen atoms in total. The third-order valence-electron chi connectivity index (χ3n) is 1.34. The van der Waals surface area contributed by atoms with Crippen molar-refractivity contribution in [3.05, 3.63) is 0 Å². The molecular weight excluding hydrogens is 140 g/mol. The van der Waals surface area contributed by atoms with Gasteiger partial charge in [-0.25, -0.2) is 0 Å². The van der Waals surface area contributed by atoms with Gasteiger partial charge in [0.1, 0.15) is 6.67 Å². The summed E-state index contributed by atoms with van der Waals surface area (Å²) >= 11 is 0. The van der Waals surface area contributed by atoms with Gasteiger partial charge in [0.25, 0.3) is 0 Å². The van der Waals surface area contributed by atoms with E-state index < -0.39 is 0 Å². The second kappa shape index (κ2) is 2.68. The molecule has 0 aliphatic carbocycles. The van der Waals surface area contributed by atoms with Crippen molar-refractivity contribution in [2.75, 3.05) is 20.3 Å². The molecule has 0 fully saturated rings. The van der Waals surface area contributed by atoms with Crippen molar-refractivity contribution in [3.63, 3.8) is 0 Å². The van der Waals surface area contributed by atoms with Crippen LogP contribution < -0.4 is 0 Å². The minimum Gasteiger partial charge on any atom is -0.259 e. The quantitative estimate of drug-likeness (QED) is 0.576. The Bertz CT molecular complexity index is 158. The number of hydrogen-bond acceptors (Lipinski definition) is 4. The van der Waals surface area contributed by atoms with E-state index in [2.05, 4.69) is 31.2 Å². The van der Waals surface area contributed by atoms with Gasteiger partial charge in [-0.2, -0.15) is 0 Å². The third-order valence-corrected chi connectivity index (χ3v) is 1.34. The lowest BCUT2D eigenvalue weighted by Gasteiger charge is -2.23. The second-order valence-corrected chi connectivity index (χ2v) is 4.20. The third kappa shape index (κ3) is 2.74. The molecule has 0 N–H and O–H groups in total. The molecule has 0 bridgehead atoms. The molecule has 0 amide bonds. The molecule has 1 heterocycles. The predicted octanol–water partition coefficient (Wildman–Crippen LogP) is 1.52. The van der Waals surface area contributed by atoms with Crippen LogP contribution in [0, 0.1) is 5.41 Å². The number of hydrogen-bond donors (Lipinski definition) is 0. The maximum atomic E-state index is 3.99. The molecule has 0 aromatic heterocycles. The molecule has 0 radical (unpaired) electrons. The van der Waals surface area contributed by atoms with E-state index >= 15 is 0 Å². The molecule has 64 valence electrons. The predicted molar refractivity (Wildman–Crippen MR) is 43.6 cm³/mol. The van der Waals surface area contributed by atoms with Gasteiger partial charge in [0.05, 0.1) is 0 Å². The normalized spacial score (nSPS) is 18.2. The maximum absolute atomic E-state index is 3.99. The fourth-order valence-corrected chi connectivity index (χ4v) is 1.05. The van der Waals surface area contributed by atoms with Gasteiger partial charge in [-0.15, -0.1) is 0 Å². The zero-order chi connectivity index (χ0) is 8.48. The van der Waals surface area contributed by atoms with E-state index in [9.17, 15) is 0 Å². The molecule has 0 aromatic carbocycles. The van der Waals surface area contributed by atoms with E-state index in [4.69, 9.17) is 0 Å². The van der Waals surface area contributed by atoms with Crippen molar-refractivity contribution < 1.29 is 0 Å². The lowest BCUT2D eigenvalue weighted by Crippen LogP contribution is -2.30. The molecule has 0 unspecified atom stereocenters. The Morgan fingerprint density at radius 1 is 1.27 bits per heavy atom. The highest BCUT2D eigenvalue weighted by molar-refractivity contribution is 4.66. The molecule has 1 aliphatic heterocycles. The number of rotatable bonds is 1. The van der Waals surface area contributed by atoms with Gasteiger partial charge in [0, 0.05) is 13.6 Å². The Kier molecular flexibility index (Phi) is 2.02. The summed E-state index contributed by atoms with van der Waals surface area (Å²) in [6, 6.07) is 0. The summed E-state index contributed by atoms with van der Waals surface area (Å²) in [5.74, 6) is 0. The van der Waals surface area contributed by atoms with Crippen LogP contribution in [0.2, 0.25) is 0 Å². The van der Waals surface area contributed by atoms with Gasteiger partial charge in [0.2, 0.25) is 0 Å². The Morgan fingerprint density at radius 3 is 2.27 bits per heavy atom. The first-order chi connectivity index (χ1) is 4.97. The van der Waals surface area contributed by atoms with Gasteiger partial charge < -0.3 is 0 Å². The van der Waals surface area contributed by atoms with Crippen molar-refractivity contribution in [2.24, 2.45) is 15.9 Å². The van der Waals surface area contributed by atoms with Crippen LogP contribution >= 0.6 is 0 Å². The van der Waals surface area contributed by atoms with E-state index in [1.807, 2.05) is 17.1 Å². The molecule has 0 spiro atoms. The van der Waals surface area contributed by atoms with Crippen LogP contribution in [-0.2, 0) is 0 Å². The van der Waals surface area contributed by atoms with Gasteiger partial charge >= 0.3 is 0 Å². The van der Waals surface area contributed by atoms with Crippen LogP contribution in [0.25, 0.3) is 0 Å². The summed E-state index contributed by atoms with van der Waals surface area (Å²) < 4.78 is 0. The smallest absolute Gasteiger partial charge is 0.126 e. The van der Waals surface area contributed by atoms with Crippen LogP contribution in [0.5, 0.6) is 0 Å². The average Bonchev–Trinajstić information content (AvgIpc) is 2.10. The van der Waals surface area contributed by atoms with Crippen molar-refractivity contribution in [1.82, 2.24) is 10.0 Å². The highest BCUT2D eigenvalue weighted by atomic mass is 15.8. The number of nitrogens with zero attached hydrogens (tertiary/aromatic N) is 4. The minimum atomic E-state index is 0.296. The monoisotopic (exact) mass is 156 g/mol. The Balaban J connectivity index is 2.36. The summed E-state index contributed by atoms with van der Waals surface area (Å²) in [6.07, 6.45) is 0. The van der Waals surface area contributed by atoms with Crippen LogP contribution in [0.1, 0.15) is 20.8 Å². The fraction of sp³-hybridized carbons (Fsp3) is 1.00. The molecule has 11 heavy (non-hydrogen) atoms. The molecule has 0 atom stereocenters. The van der Waals surface area contributed by atoms with Crippen molar-refractivity contribution in [2.45, 2.75) is 20.8 Å². The van der Waals surface area contributed by atoms with Gasteiger partial charge in [-0.3, -0.25) is 10.0 Å². The maximum Gasteiger partial charge on any atom is 0.126 e. The molecule has 1 aliphatic rings. The first-order valence-electron chi connectivity index (χ1n) is 3.85. The van der Waals surface area contributed by atoms with Crippen molar-refractivity contribution in [3.8, 4) is 0 Å². The van der Waals surface area contributed by atoms with E-state index in [0.29, 0.717) is 5.41 Å². The average molecular weight is 156 g/mol. The van der Waals surface area contributed by atoms with Crippen LogP contribution in [0.15, 0.2) is 10.4 Å². The highest BCUT2D eigenvalue weighted by Gasteiger charge is 2.19. The summed E-state index contributed by atoms with van der Waals surface area (Å²) in [5, 5.41) is 11.7. The molecule has 0 saturated heterocycles. The van der Waals surface area contributed by atoms with E-state index in [1.165, 1.54) is 0 Å². The first kappa shape index (κ1) is 8.30. The molecule has 0 saturated carbocycles. The summed E-state index contributed by atoms with van der Waals surface area (Å²) in [7, 11) is 1.92. The van der Waals surface area contributed by atoms with Crippen LogP contribution in [0.3, 0.4) is 0 Å². The Hall–Kier alpha value is -0.800. The lowest BCUT2D eigenvalue weighted by molar-refractivity contribution is 0.176. The van der Waals surface area contributed by atoms with Gasteiger partial charge in [-0.1, -0.05) is 31.2 Å². The van der Waals surface area contributed by atoms with Crippen molar-refractivity contribution in [1.29, 1.82) is 0 Å². The largest absolute Gasteiger partial charge is 0.259 e. The zero-order valence-corrected chi connectivity index (χ0v) is 7.70. The Morgan fingerprint density at radius 2 is 1.91 bits per heavy atom. The SMILES string of the molecule is CN1CN(CC(C)(C)C)N=N1. The minimum absolute atomic E-state index is 0.296. The van der Waals surface area contributed by atoms with Gasteiger partial charge in [0.15, 0.2) is 0 Å². The Labute approximate surface area is 67.8 Å². The van der Waals surface area contributed by atoms with Crippen molar-refractivity contribution >= 4 is 0 Å². The van der Waals surface area contributed by atoms with E-state index in [1.54, 1.807) is 0 Å². The summed E-state index contributed by atoms with van der Waals surface area (Å²) in [4.78, 5) is 0. The molecule has 4 heteroatoms. The molecule has 1 rings (SSSR count). The van der Waals surface area contributed by atoms with Crippen LogP contribution in [-0.4, -0.2) is 30.3 Å². The fourth-order valence-electron chi connectivity index (χ4n) is 1.05. The van der Waals surface area contributed by atoms with E-state index in [0.717, 1.165) is 13.2 Å². The topological polar surface area (TPSA) is 31.2 Å². The lowest BCUT2D eigenvalue weighted by atomic mass is 9.97. The highest BCUT2D eigenvalue weighted by Crippen LogP contribution is 2.17. The van der Waals surface area contributed by atoms with Gasteiger partial charge in [-0.05, 0) is 5.41 Å². The zero-order valence-electron chi connectivity index (χ0n) is 7.70. The standard InChI is InChI=1S/C7H16N4/c1-7(2,3)5-11-6-10(4)8-9-11/h5-6H2,1-4H3. The first-order valence-corrected chi connectivity index (χ1v) is 3.85. The molecular formula is C7H16N4. The van der Waals surface area contributed by atoms with Crippen LogP contribution in [0.4, 0.5) is 0 Å². The second-order valence-electron chi connectivity index (χ2n) is 4.20. The molecule has 0 aromatic rings. The van der Waals surface area contributed by atoms with E-state index in [-0.39, 0.29) is 0 Å².